The topological polar surface area (TPSA) is 175 Å². The van der Waals surface area contributed by atoms with Crippen molar-refractivity contribution in [1.29, 1.82) is 0 Å². The summed E-state index contributed by atoms with van der Waals surface area (Å²) in [5.74, 6) is -1.19. The maximum Gasteiger partial charge on any atom is 0.306 e. The van der Waals surface area contributed by atoms with Gasteiger partial charge in [-0.15, -0.1) is 0 Å². The van der Waals surface area contributed by atoms with E-state index >= 15 is 0 Å². The zero-order valence-corrected chi connectivity index (χ0v) is 51.5. The molecule has 1 heterocycles. The van der Waals surface area contributed by atoms with E-state index in [2.05, 4.69) is 50.4 Å². The summed E-state index contributed by atoms with van der Waals surface area (Å²) < 4.78 is 17.7. The molecule has 8 unspecified atom stereocenters. The van der Waals surface area contributed by atoms with Gasteiger partial charge < -0.3 is 45.1 Å². The maximum atomic E-state index is 13.4. The lowest BCUT2D eigenvalue weighted by Gasteiger charge is -2.41. The molecule has 464 valence electrons. The van der Waals surface area contributed by atoms with Crippen LogP contribution in [0.15, 0.2) is 36.5 Å². The van der Waals surface area contributed by atoms with E-state index in [1.165, 1.54) is 205 Å². The summed E-state index contributed by atoms with van der Waals surface area (Å²) in [6.07, 6.45) is 57.7. The molecule has 0 spiro atoms. The van der Waals surface area contributed by atoms with Crippen LogP contribution in [0, 0.1) is 0 Å². The summed E-state index contributed by atoms with van der Waals surface area (Å²) in [5.41, 5.74) is 0. The number of amides is 1. The number of rotatable bonds is 58. The SMILES string of the molecule is CCCCCC/C=C\CCCCCCCCC(O)C(=O)NC(COC1OC(CO)C(O)C(O)C1OC(=O)CCCCCCCCCCCCCCCCC/C=C/CCCCCCCC)C(O)/C=C/CCCCCCCCCCC. The molecule has 8 atom stereocenters. The lowest BCUT2D eigenvalue weighted by molar-refractivity contribution is -0.305. The van der Waals surface area contributed by atoms with E-state index < -0.39 is 67.4 Å². The van der Waals surface area contributed by atoms with Crippen LogP contribution in [0.3, 0.4) is 0 Å². The molecular formula is C68H127NO10. The summed E-state index contributed by atoms with van der Waals surface area (Å²) in [6.45, 7) is 5.79. The highest BCUT2D eigenvalue weighted by molar-refractivity contribution is 5.80. The van der Waals surface area contributed by atoms with E-state index in [-0.39, 0.29) is 19.4 Å². The number of carbonyl (C=O) groups is 2. The molecule has 0 aromatic carbocycles. The highest BCUT2D eigenvalue weighted by Gasteiger charge is 2.47. The van der Waals surface area contributed by atoms with E-state index in [9.17, 15) is 35.1 Å². The monoisotopic (exact) mass is 1120 g/mol. The zero-order valence-electron chi connectivity index (χ0n) is 51.5. The normalized spacial score (nSPS) is 19.0. The van der Waals surface area contributed by atoms with Crippen molar-refractivity contribution in [3.63, 3.8) is 0 Å². The van der Waals surface area contributed by atoms with Crippen molar-refractivity contribution in [1.82, 2.24) is 5.32 Å². The molecule has 0 radical (unpaired) electrons. The highest BCUT2D eigenvalue weighted by atomic mass is 16.7. The Morgan fingerprint density at radius 3 is 1.24 bits per heavy atom. The fourth-order valence-electron chi connectivity index (χ4n) is 10.6. The highest BCUT2D eigenvalue weighted by Crippen LogP contribution is 2.26. The van der Waals surface area contributed by atoms with Gasteiger partial charge in [-0.2, -0.15) is 0 Å². The molecule has 6 N–H and O–H groups in total. The molecule has 1 fully saturated rings. The molecule has 1 rings (SSSR count). The Balaban J connectivity index is 2.55. The molecule has 1 saturated heterocycles. The van der Waals surface area contributed by atoms with Crippen molar-refractivity contribution < 1.29 is 49.3 Å². The second kappa shape index (κ2) is 56.4. The predicted octanol–water partition coefficient (Wildman–Crippen LogP) is 16.6. The number of hydrogen-bond donors (Lipinski definition) is 6. The second-order valence-electron chi connectivity index (χ2n) is 23.6. The van der Waals surface area contributed by atoms with Crippen LogP contribution >= 0.6 is 0 Å². The Hall–Kier alpha value is -2.12. The first-order valence-corrected chi connectivity index (χ1v) is 33.8. The van der Waals surface area contributed by atoms with E-state index in [0.29, 0.717) is 12.8 Å². The van der Waals surface area contributed by atoms with Crippen LogP contribution in [0.25, 0.3) is 0 Å². The second-order valence-corrected chi connectivity index (χ2v) is 23.6. The quantitative estimate of drug-likeness (QED) is 0.0195. The Morgan fingerprint density at radius 2 is 0.835 bits per heavy atom. The predicted molar refractivity (Wildman–Crippen MR) is 329 cm³/mol. The van der Waals surface area contributed by atoms with E-state index in [1.54, 1.807) is 6.08 Å². The summed E-state index contributed by atoms with van der Waals surface area (Å²) in [7, 11) is 0. The van der Waals surface area contributed by atoms with Gasteiger partial charge in [0.25, 0.3) is 0 Å². The van der Waals surface area contributed by atoms with Crippen LogP contribution in [0.1, 0.15) is 323 Å². The van der Waals surface area contributed by atoms with Gasteiger partial charge in [-0.3, -0.25) is 9.59 Å². The molecule has 0 saturated carbocycles. The minimum Gasteiger partial charge on any atom is -0.454 e. The summed E-state index contributed by atoms with van der Waals surface area (Å²) in [6, 6.07) is -1.02. The van der Waals surface area contributed by atoms with Gasteiger partial charge in [0.2, 0.25) is 5.91 Å². The maximum absolute atomic E-state index is 13.4. The van der Waals surface area contributed by atoms with Gasteiger partial charge in [-0.05, 0) is 77.0 Å². The van der Waals surface area contributed by atoms with Crippen LogP contribution in [0.2, 0.25) is 0 Å². The molecule has 1 amide bonds. The molecule has 11 heteroatoms. The fourth-order valence-corrected chi connectivity index (χ4v) is 10.6. The van der Waals surface area contributed by atoms with Crippen molar-refractivity contribution in [2.24, 2.45) is 0 Å². The van der Waals surface area contributed by atoms with Crippen molar-refractivity contribution in [2.45, 2.75) is 372 Å². The number of carbonyl (C=O) groups excluding carboxylic acids is 2. The lowest BCUT2D eigenvalue weighted by Crippen LogP contribution is -2.61. The molecule has 1 aliphatic heterocycles. The van der Waals surface area contributed by atoms with Crippen LogP contribution in [-0.2, 0) is 23.8 Å². The van der Waals surface area contributed by atoms with Gasteiger partial charge >= 0.3 is 5.97 Å². The number of allylic oxidation sites excluding steroid dienone is 5. The molecule has 11 nitrogen and oxygen atoms in total. The average Bonchev–Trinajstić information content (AvgIpc) is 3.45. The molecular weight excluding hydrogens is 991 g/mol. The minimum absolute atomic E-state index is 0.127. The van der Waals surface area contributed by atoms with Crippen LogP contribution in [0.5, 0.6) is 0 Å². The van der Waals surface area contributed by atoms with E-state index in [4.69, 9.17) is 14.2 Å². The average molecular weight is 1120 g/mol. The number of nitrogens with one attached hydrogen (secondary N) is 1. The molecule has 0 aliphatic carbocycles. The summed E-state index contributed by atoms with van der Waals surface area (Å²) in [5, 5.41) is 57.0. The van der Waals surface area contributed by atoms with Crippen LogP contribution < -0.4 is 5.32 Å². The number of aliphatic hydroxyl groups excluding tert-OH is 5. The van der Waals surface area contributed by atoms with Gasteiger partial charge in [-0.25, -0.2) is 0 Å². The largest absolute Gasteiger partial charge is 0.454 e. The van der Waals surface area contributed by atoms with Gasteiger partial charge in [0, 0.05) is 6.42 Å². The number of esters is 1. The van der Waals surface area contributed by atoms with Crippen LogP contribution in [0.4, 0.5) is 0 Å². The number of aliphatic hydroxyl groups is 5. The zero-order chi connectivity index (χ0) is 57.5. The van der Waals surface area contributed by atoms with Crippen molar-refractivity contribution in [3.05, 3.63) is 36.5 Å². The molecule has 79 heavy (non-hydrogen) atoms. The smallest absolute Gasteiger partial charge is 0.306 e. The molecule has 0 aromatic rings. The van der Waals surface area contributed by atoms with Gasteiger partial charge in [0.15, 0.2) is 12.4 Å². The lowest BCUT2D eigenvalue weighted by atomic mass is 9.99. The van der Waals surface area contributed by atoms with Crippen molar-refractivity contribution >= 4 is 11.9 Å². The molecule has 0 bridgehead atoms. The van der Waals surface area contributed by atoms with Crippen molar-refractivity contribution in [2.75, 3.05) is 13.2 Å². The third-order valence-corrected chi connectivity index (χ3v) is 16.0. The van der Waals surface area contributed by atoms with Gasteiger partial charge in [0.05, 0.1) is 25.4 Å². The minimum atomic E-state index is -1.61. The van der Waals surface area contributed by atoms with Gasteiger partial charge in [0.1, 0.15) is 24.4 Å². The van der Waals surface area contributed by atoms with E-state index in [0.717, 1.165) is 70.6 Å². The number of unbranched alkanes of at least 4 members (excludes halogenated alkanes) is 40. The van der Waals surface area contributed by atoms with Crippen molar-refractivity contribution in [3.8, 4) is 0 Å². The summed E-state index contributed by atoms with van der Waals surface area (Å²) in [4.78, 5) is 26.6. The Labute approximate surface area is 485 Å². The summed E-state index contributed by atoms with van der Waals surface area (Å²) >= 11 is 0. The standard InChI is InChI=1S/C68H127NO10/c1-4-7-10-13-16-19-22-24-26-27-28-29-30-31-32-33-34-35-36-38-41-44-47-50-53-56-63(73)79-66-65(75)64(74)62(57-70)78-68(66)77-58-59(60(71)54-51-48-45-42-39-21-18-15-12-9-6-3)69-67(76)61(72)55-52-49-46-43-40-37-25-23-20-17-14-11-8-5-2/h20,23-24,26,51,54,59-62,64-66,68,70-72,74-75H,4-19,21-22,25,27-50,52-53,55-58H2,1-3H3,(H,69,76)/b23-20-,26-24+,54-51+. The first-order chi connectivity index (χ1) is 38.7. The first kappa shape index (κ1) is 74.9. The molecule has 0 aromatic heterocycles. The Morgan fingerprint density at radius 1 is 0.481 bits per heavy atom. The Kier molecular flexibility index (Phi) is 53.4. The third-order valence-electron chi connectivity index (χ3n) is 16.0. The first-order valence-electron chi connectivity index (χ1n) is 33.8. The molecule has 1 aliphatic rings. The fraction of sp³-hybridized carbons (Fsp3) is 0.882. The third kappa shape index (κ3) is 44.1. The Bertz CT molecular complexity index is 1420. The number of ether oxygens (including phenoxy) is 3. The van der Waals surface area contributed by atoms with Gasteiger partial charge in [-0.1, -0.05) is 276 Å². The van der Waals surface area contributed by atoms with Crippen LogP contribution in [-0.4, -0.2) is 99.6 Å². The number of hydrogen-bond acceptors (Lipinski definition) is 10. The van der Waals surface area contributed by atoms with E-state index in [1.807, 2.05) is 6.08 Å².